The number of nitrogens with zero attached hydrogens (tertiary/aromatic N) is 2. The van der Waals surface area contributed by atoms with Gasteiger partial charge in [-0.1, -0.05) is 39.5 Å². The fourth-order valence-corrected chi connectivity index (χ4v) is 3.10. The topological polar surface area (TPSA) is 38.0 Å². The minimum Gasteiger partial charge on any atom is -0.392 e. The average molecular weight is 264 g/mol. The van der Waals surface area contributed by atoms with E-state index in [1.807, 2.05) is 0 Å². The van der Waals surface area contributed by atoms with Gasteiger partial charge in [0.05, 0.1) is 17.8 Å². The molecule has 1 aromatic rings. The Morgan fingerprint density at radius 3 is 2.79 bits per heavy atom. The zero-order valence-corrected chi connectivity index (χ0v) is 12.4. The lowest BCUT2D eigenvalue weighted by Crippen LogP contribution is -2.21. The van der Waals surface area contributed by atoms with E-state index in [2.05, 4.69) is 35.9 Å². The van der Waals surface area contributed by atoms with E-state index in [9.17, 15) is 5.11 Å². The van der Waals surface area contributed by atoms with Crippen LogP contribution in [0, 0.1) is 5.92 Å². The van der Waals surface area contributed by atoms with Crippen molar-refractivity contribution in [2.45, 2.75) is 77.4 Å². The quantitative estimate of drug-likeness (QED) is 0.850. The van der Waals surface area contributed by atoms with Crippen LogP contribution in [0.15, 0.2) is 12.3 Å². The van der Waals surface area contributed by atoms with Gasteiger partial charge in [0.2, 0.25) is 0 Å². The SMILES string of the molecule is CCCC(C)C(O)Cc1ccn(C2CCCCC2)n1. The van der Waals surface area contributed by atoms with E-state index in [-0.39, 0.29) is 6.10 Å². The third-order valence-electron chi connectivity index (χ3n) is 4.43. The highest BCUT2D eigenvalue weighted by Crippen LogP contribution is 2.27. The van der Waals surface area contributed by atoms with Crippen molar-refractivity contribution in [1.82, 2.24) is 9.78 Å². The Kier molecular flexibility index (Phi) is 5.44. The Bertz CT molecular complexity index is 369. The van der Waals surface area contributed by atoms with Crippen molar-refractivity contribution in [2.75, 3.05) is 0 Å². The van der Waals surface area contributed by atoms with Gasteiger partial charge in [-0.15, -0.1) is 0 Å². The molecule has 3 heteroatoms. The molecule has 2 atom stereocenters. The van der Waals surface area contributed by atoms with Gasteiger partial charge in [-0.2, -0.15) is 5.10 Å². The first-order chi connectivity index (χ1) is 9.20. The van der Waals surface area contributed by atoms with E-state index in [1.54, 1.807) is 0 Å². The lowest BCUT2D eigenvalue weighted by atomic mass is 9.96. The van der Waals surface area contributed by atoms with E-state index >= 15 is 0 Å². The zero-order valence-electron chi connectivity index (χ0n) is 12.4. The minimum absolute atomic E-state index is 0.255. The van der Waals surface area contributed by atoms with Gasteiger partial charge in [-0.3, -0.25) is 4.68 Å². The Morgan fingerprint density at radius 1 is 1.37 bits per heavy atom. The molecule has 0 aromatic carbocycles. The van der Waals surface area contributed by atoms with E-state index in [0.29, 0.717) is 18.4 Å². The molecular weight excluding hydrogens is 236 g/mol. The molecule has 1 fully saturated rings. The molecule has 0 bridgehead atoms. The summed E-state index contributed by atoms with van der Waals surface area (Å²) in [6.45, 7) is 4.30. The van der Waals surface area contributed by atoms with Crippen LogP contribution in [-0.4, -0.2) is 21.0 Å². The summed E-state index contributed by atoms with van der Waals surface area (Å²) in [7, 11) is 0. The van der Waals surface area contributed by atoms with Gasteiger partial charge in [0.25, 0.3) is 0 Å². The fraction of sp³-hybridized carbons (Fsp3) is 0.812. The van der Waals surface area contributed by atoms with Gasteiger partial charge < -0.3 is 5.11 Å². The molecular formula is C16H28N2O. The number of rotatable bonds is 6. The van der Waals surface area contributed by atoms with Crippen LogP contribution in [0.3, 0.4) is 0 Å². The van der Waals surface area contributed by atoms with Crippen LogP contribution < -0.4 is 0 Å². The van der Waals surface area contributed by atoms with Crippen LogP contribution in [0.2, 0.25) is 0 Å². The largest absolute Gasteiger partial charge is 0.392 e. The van der Waals surface area contributed by atoms with Gasteiger partial charge in [0.1, 0.15) is 0 Å². The second-order valence-corrected chi connectivity index (χ2v) is 6.12. The molecule has 1 N–H and O–H groups in total. The summed E-state index contributed by atoms with van der Waals surface area (Å²) in [6.07, 6.45) is 11.3. The summed E-state index contributed by atoms with van der Waals surface area (Å²) < 4.78 is 2.13. The van der Waals surface area contributed by atoms with Crippen LogP contribution in [-0.2, 0) is 6.42 Å². The fourth-order valence-electron chi connectivity index (χ4n) is 3.10. The molecule has 1 aliphatic rings. The maximum Gasteiger partial charge on any atom is 0.0650 e. The highest BCUT2D eigenvalue weighted by Gasteiger charge is 2.18. The maximum atomic E-state index is 10.2. The second-order valence-electron chi connectivity index (χ2n) is 6.12. The van der Waals surface area contributed by atoms with Gasteiger partial charge in [-0.25, -0.2) is 0 Å². The Labute approximate surface area is 117 Å². The molecule has 2 rings (SSSR count). The molecule has 1 heterocycles. The summed E-state index contributed by atoms with van der Waals surface area (Å²) in [5.41, 5.74) is 1.04. The first-order valence-corrected chi connectivity index (χ1v) is 7.92. The molecule has 0 amide bonds. The lowest BCUT2D eigenvalue weighted by molar-refractivity contribution is 0.110. The van der Waals surface area contributed by atoms with Crippen molar-refractivity contribution in [1.29, 1.82) is 0 Å². The Balaban J connectivity index is 1.89. The van der Waals surface area contributed by atoms with Gasteiger partial charge in [0.15, 0.2) is 0 Å². The van der Waals surface area contributed by atoms with Crippen LogP contribution in [0.5, 0.6) is 0 Å². The first kappa shape index (κ1) is 14.6. The molecule has 0 spiro atoms. The smallest absolute Gasteiger partial charge is 0.0650 e. The predicted molar refractivity (Wildman–Crippen MR) is 78.1 cm³/mol. The van der Waals surface area contributed by atoms with Crippen molar-refractivity contribution in [3.63, 3.8) is 0 Å². The minimum atomic E-state index is -0.255. The molecule has 1 aromatic heterocycles. The summed E-state index contributed by atoms with van der Waals surface area (Å²) in [5, 5.41) is 14.8. The number of aliphatic hydroxyl groups is 1. The van der Waals surface area contributed by atoms with Crippen LogP contribution in [0.25, 0.3) is 0 Å². The first-order valence-electron chi connectivity index (χ1n) is 7.92. The van der Waals surface area contributed by atoms with Gasteiger partial charge >= 0.3 is 0 Å². The van der Waals surface area contributed by atoms with Crippen molar-refractivity contribution in [2.24, 2.45) is 5.92 Å². The molecule has 19 heavy (non-hydrogen) atoms. The lowest BCUT2D eigenvalue weighted by Gasteiger charge is -2.22. The standard InChI is InChI=1S/C16H28N2O/c1-3-7-13(2)16(19)12-14-10-11-18(17-14)15-8-5-4-6-9-15/h10-11,13,15-16,19H,3-9,12H2,1-2H3. The van der Waals surface area contributed by atoms with Crippen molar-refractivity contribution in [3.05, 3.63) is 18.0 Å². The predicted octanol–water partition coefficient (Wildman–Crippen LogP) is 3.73. The summed E-state index contributed by atoms with van der Waals surface area (Å²) in [6, 6.07) is 2.67. The van der Waals surface area contributed by atoms with Crippen LogP contribution >= 0.6 is 0 Å². The van der Waals surface area contributed by atoms with Gasteiger partial charge in [0, 0.05) is 12.6 Å². The Morgan fingerprint density at radius 2 is 2.11 bits per heavy atom. The maximum absolute atomic E-state index is 10.2. The summed E-state index contributed by atoms with van der Waals surface area (Å²) in [5.74, 6) is 0.366. The molecule has 2 unspecified atom stereocenters. The molecule has 1 saturated carbocycles. The second kappa shape index (κ2) is 7.09. The van der Waals surface area contributed by atoms with Crippen LogP contribution in [0.1, 0.15) is 70.5 Å². The molecule has 0 saturated heterocycles. The van der Waals surface area contributed by atoms with E-state index in [1.165, 1.54) is 32.1 Å². The third kappa shape index (κ3) is 4.07. The van der Waals surface area contributed by atoms with E-state index in [0.717, 1.165) is 18.5 Å². The highest BCUT2D eigenvalue weighted by molar-refractivity contribution is 5.02. The van der Waals surface area contributed by atoms with Crippen molar-refractivity contribution >= 4 is 0 Å². The molecule has 3 nitrogen and oxygen atoms in total. The van der Waals surface area contributed by atoms with E-state index < -0.39 is 0 Å². The molecule has 0 radical (unpaired) electrons. The number of hydrogen-bond acceptors (Lipinski definition) is 2. The summed E-state index contributed by atoms with van der Waals surface area (Å²) in [4.78, 5) is 0. The monoisotopic (exact) mass is 264 g/mol. The van der Waals surface area contributed by atoms with Crippen molar-refractivity contribution < 1.29 is 5.11 Å². The molecule has 1 aliphatic carbocycles. The normalized spacial score (nSPS) is 20.4. The van der Waals surface area contributed by atoms with Gasteiger partial charge in [-0.05, 0) is 31.2 Å². The average Bonchev–Trinajstić information content (AvgIpc) is 2.88. The van der Waals surface area contributed by atoms with Crippen LogP contribution in [0.4, 0.5) is 0 Å². The number of aliphatic hydroxyl groups excluding tert-OH is 1. The molecule has 108 valence electrons. The number of hydrogen-bond donors (Lipinski definition) is 1. The van der Waals surface area contributed by atoms with E-state index in [4.69, 9.17) is 0 Å². The number of aromatic nitrogens is 2. The third-order valence-corrected chi connectivity index (χ3v) is 4.43. The zero-order chi connectivity index (χ0) is 13.7. The highest BCUT2D eigenvalue weighted by atomic mass is 16.3. The van der Waals surface area contributed by atoms with Crippen molar-refractivity contribution in [3.8, 4) is 0 Å². The molecule has 0 aliphatic heterocycles. The Hall–Kier alpha value is -0.830. The summed E-state index contributed by atoms with van der Waals surface area (Å²) >= 11 is 0.